The van der Waals surface area contributed by atoms with Gasteiger partial charge < -0.3 is 10.2 Å². The van der Waals surface area contributed by atoms with Crippen LogP contribution in [-0.4, -0.2) is 15.2 Å². The molecule has 20 heavy (non-hydrogen) atoms. The minimum atomic E-state index is 0.527. The Kier molecular flexibility index (Phi) is 3.17. The van der Waals surface area contributed by atoms with Gasteiger partial charge in [-0.05, 0) is 31.5 Å². The van der Waals surface area contributed by atoms with E-state index in [-0.39, 0.29) is 0 Å². The molecule has 0 atom stereocenters. The van der Waals surface area contributed by atoms with Crippen LogP contribution in [0.2, 0.25) is 0 Å². The third-order valence-electron chi connectivity index (χ3n) is 3.04. The third kappa shape index (κ3) is 2.16. The first-order chi connectivity index (χ1) is 9.58. The van der Waals surface area contributed by atoms with Crippen LogP contribution in [0.5, 0.6) is 0 Å². The normalized spacial score (nSPS) is 11.2. The van der Waals surface area contributed by atoms with Crippen molar-refractivity contribution in [2.24, 2.45) is 0 Å². The van der Waals surface area contributed by atoms with Crippen molar-refractivity contribution in [3.63, 3.8) is 0 Å². The van der Waals surface area contributed by atoms with Crippen LogP contribution in [0.25, 0.3) is 22.6 Å². The first-order valence-corrected chi connectivity index (χ1v) is 7.07. The predicted molar refractivity (Wildman–Crippen MR) is 81.3 cm³/mol. The molecule has 0 aliphatic carbocycles. The smallest absolute Gasteiger partial charge is 0.229 e. The second kappa shape index (κ2) is 4.86. The molecule has 2 heterocycles. The molecule has 0 bridgehead atoms. The molecule has 0 saturated carbocycles. The van der Waals surface area contributed by atoms with Crippen LogP contribution < -0.4 is 5.73 Å². The zero-order valence-corrected chi connectivity index (χ0v) is 12.7. The van der Waals surface area contributed by atoms with E-state index in [4.69, 9.17) is 10.2 Å². The lowest BCUT2D eigenvalue weighted by molar-refractivity contribution is 0.618. The summed E-state index contributed by atoms with van der Waals surface area (Å²) in [6.45, 7) is 3.92. The summed E-state index contributed by atoms with van der Waals surface area (Å²) in [5, 5.41) is 8.26. The molecule has 0 aliphatic heterocycles. The van der Waals surface area contributed by atoms with Crippen molar-refractivity contribution in [1.82, 2.24) is 15.2 Å². The van der Waals surface area contributed by atoms with E-state index in [1.54, 1.807) is 6.07 Å². The molecule has 0 saturated heterocycles. The van der Waals surface area contributed by atoms with Gasteiger partial charge in [0.25, 0.3) is 0 Å². The Morgan fingerprint density at radius 3 is 2.80 bits per heavy atom. The summed E-state index contributed by atoms with van der Waals surface area (Å²) < 4.78 is 6.69. The van der Waals surface area contributed by atoms with Gasteiger partial charge in [0, 0.05) is 4.47 Å². The van der Waals surface area contributed by atoms with Crippen molar-refractivity contribution in [3.05, 3.63) is 34.1 Å². The fourth-order valence-corrected chi connectivity index (χ4v) is 2.56. The number of rotatable bonds is 2. The third-order valence-corrected chi connectivity index (χ3v) is 3.50. The van der Waals surface area contributed by atoms with Gasteiger partial charge in [0.15, 0.2) is 5.58 Å². The molecular weight excluding hydrogens is 320 g/mol. The molecule has 102 valence electrons. The number of nitrogen functional groups attached to an aromatic ring is 1. The van der Waals surface area contributed by atoms with Crippen LogP contribution in [-0.2, 0) is 6.42 Å². The summed E-state index contributed by atoms with van der Waals surface area (Å²) in [6, 6.07) is 5.61. The van der Waals surface area contributed by atoms with E-state index in [1.807, 2.05) is 26.0 Å². The number of benzene rings is 1. The summed E-state index contributed by atoms with van der Waals surface area (Å²) >= 11 is 3.40. The predicted octanol–water partition coefficient (Wildman–Crippen LogP) is 3.50. The fraction of sp³-hybridized carbons (Fsp3) is 0.214. The summed E-state index contributed by atoms with van der Waals surface area (Å²) in [5.74, 6) is 0.527. The molecule has 6 heteroatoms. The van der Waals surface area contributed by atoms with E-state index in [0.717, 1.165) is 33.4 Å². The van der Waals surface area contributed by atoms with E-state index >= 15 is 0 Å². The van der Waals surface area contributed by atoms with E-state index < -0.39 is 0 Å². The van der Waals surface area contributed by atoms with Gasteiger partial charge in [0.2, 0.25) is 5.89 Å². The summed E-state index contributed by atoms with van der Waals surface area (Å²) in [5.41, 5.74) is 10.4. The molecule has 0 aliphatic rings. The molecule has 0 radical (unpaired) electrons. The number of aryl methyl sites for hydroxylation is 2. The Hall–Kier alpha value is -1.95. The second-order valence-electron chi connectivity index (χ2n) is 4.56. The SMILES string of the molecule is CCc1nnc(C)cc1-c1nc2cc(Br)cc(N)c2o1. The van der Waals surface area contributed by atoms with Gasteiger partial charge in [0.05, 0.1) is 22.6 Å². The largest absolute Gasteiger partial charge is 0.434 e. The molecule has 0 spiro atoms. The van der Waals surface area contributed by atoms with Crippen molar-refractivity contribution >= 4 is 32.7 Å². The van der Waals surface area contributed by atoms with Gasteiger partial charge in [-0.25, -0.2) is 4.98 Å². The van der Waals surface area contributed by atoms with Crippen LogP contribution in [0.1, 0.15) is 18.3 Å². The monoisotopic (exact) mass is 332 g/mol. The summed E-state index contributed by atoms with van der Waals surface area (Å²) in [6.07, 6.45) is 0.764. The van der Waals surface area contributed by atoms with Crippen molar-refractivity contribution in [3.8, 4) is 11.5 Å². The number of nitrogens with two attached hydrogens (primary N) is 1. The number of oxazole rings is 1. The van der Waals surface area contributed by atoms with Gasteiger partial charge in [-0.15, -0.1) is 0 Å². The molecule has 1 aromatic carbocycles. The van der Waals surface area contributed by atoms with Gasteiger partial charge >= 0.3 is 0 Å². The standard InChI is InChI=1S/C14H13BrN4O/c1-3-11-9(4-7(2)18-19-11)14-17-12-6-8(15)5-10(16)13(12)20-14/h4-6H,3,16H2,1-2H3. The van der Waals surface area contributed by atoms with Crippen LogP contribution in [0.3, 0.4) is 0 Å². The molecule has 0 fully saturated rings. The maximum absolute atomic E-state index is 5.96. The molecule has 5 nitrogen and oxygen atoms in total. The molecule has 3 aromatic rings. The Bertz CT molecular complexity index is 797. The molecule has 2 aromatic heterocycles. The van der Waals surface area contributed by atoms with Gasteiger partial charge in [0.1, 0.15) is 5.52 Å². The lowest BCUT2D eigenvalue weighted by Crippen LogP contribution is -1.97. The number of fused-ring (bicyclic) bond motifs is 1. The zero-order chi connectivity index (χ0) is 14.3. The van der Waals surface area contributed by atoms with Gasteiger partial charge in [-0.2, -0.15) is 10.2 Å². The molecular formula is C14H13BrN4O. The lowest BCUT2D eigenvalue weighted by atomic mass is 10.1. The van der Waals surface area contributed by atoms with Crippen molar-refractivity contribution in [2.75, 3.05) is 5.73 Å². The fourth-order valence-electron chi connectivity index (χ4n) is 2.10. The van der Waals surface area contributed by atoms with E-state index in [1.165, 1.54) is 0 Å². The lowest BCUT2D eigenvalue weighted by Gasteiger charge is -2.02. The number of aromatic nitrogens is 3. The second-order valence-corrected chi connectivity index (χ2v) is 5.48. The van der Waals surface area contributed by atoms with Crippen molar-refractivity contribution < 1.29 is 4.42 Å². The van der Waals surface area contributed by atoms with Crippen molar-refractivity contribution in [1.29, 1.82) is 0 Å². The minimum absolute atomic E-state index is 0.527. The van der Waals surface area contributed by atoms with Gasteiger partial charge in [-0.1, -0.05) is 22.9 Å². The Balaban J connectivity index is 2.25. The first kappa shape index (κ1) is 13.1. The van der Waals surface area contributed by atoms with E-state index in [9.17, 15) is 0 Å². The van der Waals surface area contributed by atoms with E-state index in [2.05, 4.69) is 31.1 Å². The maximum atomic E-state index is 5.96. The topological polar surface area (TPSA) is 77.8 Å². The number of halogens is 1. The number of nitrogens with zero attached hydrogens (tertiary/aromatic N) is 3. The van der Waals surface area contributed by atoms with Crippen LogP contribution in [0.4, 0.5) is 5.69 Å². The van der Waals surface area contributed by atoms with Gasteiger partial charge in [-0.3, -0.25) is 0 Å². The number of hydrogen-bond donors (Lipinski definition) is 1. The number of anilines is 1. The summed E-state index contributed by atoms with van der Waals surface area (Å²) in [4.78, 5) is 4.51. The average Bonchev–Trinajstić information content (AvgIpc) is 2.82. The molecule has 0 amide bonds. The minimum Gasteiger partial charge on any atom is -0.434 e. The van der Waals surface area contributed by atoms with E-state index in [0.29, 0.717) is 17.2 Å². The Morgan fingerprint density at radius 2 is 2.05 bits per heavy atom. The molecule has 0 unspecified atom stereocenters. The first-order valence-electron chi connectivity index (χ1n) is 6.27. The van der Waals surface area contributed by atoms with Crippen LogP contribution >= 0.6 is 15.9 Å². The van der Waals surface area contributed by atoms with Crippen molar-refractivity contribution in [2.45, 2.75) is 20.3 Å². The molecule has 2 N–H and O–H groups in total. The Morgan fingerprint density at radius 1 is 1.25 bits per heavy atom. The highest BCUT2D eigenvalue weighted by Gasteiger charge is 2.15. The Labute approximate surface area is 124 Å². The zero-order valence-electron chi connectivity index (χ0n) is 11.1. The highest BCUT2D eigenvalue weighted by atomic mass is 79.9. The van der Waals surface area contributed by atoms with Crippen LogP contribution in [0.15, 0.2) is 27.1 Å². The molecule has 3 rings (SSSR count). The average molecular weight is 333 g/mol. The maximum Gasteiger partial charge on any atom is 0.229 e. The van der Waals surface area contributed by atoms with Crippen LogP contribution in [0, 0.1) is 6.92 Å². The quantitative estimate of drug-likeness (QED) is 0.726. The highest BCUT2D eigenvalue weighted by Crippen LogP contribution is 2.31. The summed E-state index contributed by atoms with van der Waals surface area (Å²) in [7, 11) is 0. The number of hydrogen-bond acceptors (Lipinski definition) is 5. The highest BCUT2D eigenvalue weighted by molar-refractivity contribution is 9.10.